The number of hydrazine groups is 1. The highest BCUT2D eigenvalue weighted by molar-refractivity contribution is 8.00. The zero-order valence-electron chi connectivity index (χ0n) is 12.8. The number of amides is 2. The average Bonchev–Trinajstić information content (AvgIpc) is 2.57. The molecule has 2 amide bonds. The maximum absolute atomic E-state index is 13.4. The first-order valence-corrected chi connectivity index (χ1v) is 8.45. The molecule has 132 valence electrons. The zero-order valence-corrected chi connectivity index (χ0v) is 14.4. The Morgan fingerprint density at radius 3 is 2.44 bits per heavy atom. The Bertz CT molecular complexity index is 760. The second-order valence-electron chi connectivity index (χ2n) is 4.82. The minimum Gasteiger partial charge on any atom is -0.322 e. The predicted octanol–water partition coefficient (Wildman–Crippen LogP) is 2.97. The molecule has 2 rings (SSSR count). The number of hydrogen-bond acceptors (Lipinski definition) is 4. The molecule has 0 heterocycles. The van der Waals surface area contributed by atoms with E-state index < -0.39 is 17.5 Å². The van der Waals surface area contributed by atoms with E-state index in [9.17, 15) is 18.4 Å². The Balaban J connectivity index is 1.68. The predicted molar refractivity (Wildman–Crippen MR) is 93.3 cm³/mol. The molecule has 0 aliphatic heterocycles. The fourth-order valence-corrected chi connectivity index (χ4v) is 2.55. The number of carbonyl (C=O) groups excluding carboxylic acids is 2. The molecule has 2 aromatic rings. The average molecular weight is 386 g/mol. The molecule has 5 nitrogen and oxygen atoms in total. The minimum absolute atomic E-state index is 0.141. The van der Waals surface area contributed by atoms with Gasteiger partial charge in [-0.2, -0.15) is 0 Å². The van der Waals surface area contributed by atoms with Gasteiger partial charge in [0.1, 0.15) is 11.6 Å². The molecule has 0 aromatic heterocycles. The SMILES string of the molecule is O=C(CSc1ccc(Cl)cc1)NNCC(=O)Nc1ccc(F)cc1F. The maximum Gasteiger partial charge on any atom is 0.244 e. The molecule has 0 atom stereocenters. The van der Waals surface area contributed by atoms with Gasteiger partial charge in [-0.15, -0.1) is 11.8 Å². The molecule has 0 aliphatic carbocycles. The standard InChI is InChI=1S/C16H14ClF2N3O2S/c17-10-1-4-12(5-2-10)25-9-16(24)22-20-8-15(23)21-14-6-3-11(18)7-13(14)19/h1-7,20H,8-9H2,(H,21,23)(H,22,24). The number of halogens is 3. The summed E-state index contributed by atoms with van der Waals surface area (Å²) in [6, 6.07) is 9.83. The monoisotopic (exact) mass is 385 g/mol. The number of carbonyl (C=O) groups is 2. The van der Waals surface area contributed by atoms with Gasteiger partial charge >= 0.3 is 0 Å². The number of nitrogens with one attached hydrogen (secondary N) is 3. The highest BCUT2D eigenvalue weighted by Gasteiger charge is 2.08. The van der Waals surface area contributed by atoms with E-state index in [4.69, 9.17) is 11.6 Å². The van der Waals surface area contributed by atoms with Gasteiger partial charge in [-0.1, -0.05) is 11.6 Å². The van der Waals surface area contributed by atoms with Gasteiger partial charge in [0.05, 0.1) is 18.0 Å². The molecule has 2 aromatic carbocycles. The summed E-state index contributed by atoms with van der Waals surface area (Å²) in [4.78, 5) is 24.2. The number of anilines is 1. The Morgan fingerprint density at radius 2 is 1.76 bits per heavy atom. The number of benzene rings is 2. The second-order valence-corrected chi connectivity index (χ2v) is 6.30. The normalized spacial score (nSPS) is 10.4. The van der Waals surface area contributed by atoms with Crippen molar-refractivity contribution in [1.82, 2.24) is 10.9 Å². The third kappa shape index (κ3) is 6.69. The lowest BCUT2D eigenvalue weighted by Gasteiger charge is -2.09. The number of rotatable bonds is 7. The zero-order chi connectivity index (χ0) is 18.2. The van der Waals surface area contributed by atoms with Gasteiger partial charge in [0.25, 0.3) is 0 Å². The van der Waals surface area contributed by atoms with Crippen LogP contribution < -0.4 is 16.2 Å². The van der Waals surface area contributed by atoms with Gasteiger partial charge in [0.15, 0.2) is 0 Å². The first kappa shape index (κ1) is 19.2. The van der Waals surface area contributed by atoms with Crippen molar-refractivity contribution in [2.75, 3.05) is 17.6 Å². The largest absolute Gasteiger partial charge is 0.322 e. The summed E-state index contributed by atoms with van der Waals surface area (Å²) < 4.78 is 26.2. The van der Waals surface area contributed by atoms with Gasteiger partial charge in [-0.25, -0.2) is 14.2 Å². The lowest BCUT2D eigenvalue weighted by molar-refractivity contribution is -0.120. The van der Waals surface area contributed by atoms with E-state index in [2.05, 4.69) is 16.2 Å². The molecule has 0 spiro atoms. The van der Waals surface area contributed by atoms with Crippen LogP contribution in [0.1, 0.15) is 0 Å². The molecule has 0 radical (unpaired) electrons. The van der Waals surface area contributed by atoms with Crippen LogP contribution in [0, 0.1) is 11.6 Å². The molecular weight excluding hydrogens is 372 g/mol. The van der Waals surface area contributed by atoms with Gasteiger partial charge in [-0.05, 0) is 36.4 Å². The van der Waals surface area contributed by atoms with Gasteiger partial charge < -0.3 is 5.32 Å². The molecule has 25 heavy (non-hydrogen) atoms. The van der Waals surface area contributed by atoms with Crippen molar-refractivity contribution in [1.29, 1.82) is 0 Å². The van der Waals surface area contributed by atoms with E-state index in [1.807, 2.05) is 0 Å². The van der Waals surface area contributed by atoms with Crippen molar-refractivity contribution in [3.8, 4) is 0 Å². The Hall–Kier alpha value is -2.16. The van der Waals surface area contributed by atoms with Crippen LogP contribution in [0.3, 0.4) is 0 Å². The maximum atomic E-state index is 13.4. The van der Waals surface area contributed by atoms with E-state index in [-0.39, 0.29) is 23.9 Å². The van der Waals surface area contributed by atoms with Crippen LogP contribution >= 0.6 is 23.4 Å². The first-order chi connectivity index (χ1) is 11.9. The van der Waals surface area contributed by atoms with Crippen molar-refractivity contribution in [3.05, 3.63) is 59.1 Å². The van der Waals surface area contributed by atoms with Crippen LogP contribution in [0.25, 0.3) is 0 Å². The van der Waals surface area contributed by atoms with Crippen LogP contribution in [0.5, 0.6) is 0 Å². The third-order valence-electron chi connectivity index (χ3n) is 2.87. The van der Waals surface area contributed by atoms with Crippen LogP contribution in [-0.4, -0.2) is 24.1 Å². The van der Waals surface area contributed by atoms with Gasteiger partial charge in [0, 0.05) is 16.0 Å². The summed E-state index contributed by atoms with van der Waals surface area (Å²) in [5, 5.41) is 2.87. The van der Waals surface area contributed by atoms with Crippen LogP contribution in [0.15, 0.2) is 47.4 Å². The fraction of sp³-hybridized carbons (Fsp3) is 0.125. The summed E-state index contributed by atoms with van der Waals surface area (Å²) >= 11 is 7.08. The molecule has 0 saturated carbocycles. The van der Waals surface area contributed by atoms with Crippen molar-refractivity contribution < 1.29 is 18.4 Å². The van der Waals surface area contributed by atoms with Crippen molar-refractivity contribution in [3.63, 3.8) is 0 Å². The quantitative estimate of drug-likeness (QED) is 0.506. The van der Waals surface area contributed by atoms with E-state index in [0.717, 1.165) is 17.0 Å². The summed E-state index contributed by atoms with van der Waals surface area (Å²) in [5.41, 5.74) is 4.65. The smallest absolute Gasteiger partial charge is 0.244 e. The molecular formula is C16H14ClF2N3O2S. The summed E-state index contributed by atoms with van der Waals surface area (Å²) in [6.45, 7) is -0.270. The fourth-order valence-electron chi connectivity index (χ4n) is 1.72. The molecule has 0 saturated heterocycles. The van der Waals surface area contributed by atoms with Crippen LogP contribution in [0.2, 0.25) is 5.02 Å². The van der Waals surface area contributed by atoms with E-state index in [1.165, 1.54) is 11.8 Å². The number of thioether (sulfide) groups is 1. The van der Waals surface area contributed by atoms with Crippen LogP contribution in [-0.2, 0) is 9.59 Å². The molecule has 9 heteroatoms. The third-order valence-corrected chi connectivity index (χ3v) is 4.13. The van der Waals surface area contributed by atoms with Gasteiger partial charge in [0.2, 0.25) is 11.8 Å². The van der Waals surface area contributed by atoms with E-state index in [0.29, 0.717) is 11.1 Å². The Labute approximate surface area is 152 Å². The van der Waals surface area contributed by atoms with Crippen molar-refractivity contribution in [2.45, 2.75) is 4.90 Å². The topological polar surface area (TPSA) is 70.2 Å². The second kappa shape index (κ2) is 9.36. The molecule has 0 fully saturated rings. The molecule has 0 unspecified atom stereocenters. The Morgan fingerprint density at radius 1 is 1.04 bits per heavy atom. The summed E-state index contributed by atoms with van der Waals surface area (Å²) in [7, 11) is 0. The van der Waals surface area contributed by atoms with Crippen molar-refractivity contribution >= 4 is 40.9 Å². The summed E-state index contributed by atoms with van der Waals surface area (Å²) in [6.07, 6.45) is 0. The van der Waals surface area contributed by atoms with Gasteiger partial charge in [-0.3, -0.25) is 15.0 Å². The molecule has 0 aliphatic rings. The first-order valence-electron chi connectivity index (χ1n) is 7.09. The van der Waals surface area contributed by atoms with Crippen molar-refractivity contribution in [2.24, 2.45) is 0 Å². The number of hydrogen-bond donors (Lipinski definition) is 3. The summed E-state index contributed by atoms with van der Waals surface area (Å²) in [5.74, 6) is -2.39. The highest BCUT2D eigenvalue weighted by atomic mass is 35.5. The lowest BCUT2D eigenvalue weighted by atomic mass is 10.3. The lowest BCUT2D eigenvalue weighted by Crippen LogP contribution is -2.42. The highest BCUT2D eigenvalue weighted by Crippen LogP contribution is 2.19. The van der Waals surface area contributed by atoms with E-state index >= 15 is 0 Å². The minimum atomic E-state index is -0.878. The molecule has 0 bridgehead atoms. The Kier molecular flexibility index (Phi) is 7.17. The van der Waals surface area contributed by atoms with E-state index in [1.54, 1.807) is 24.3 Å². The molecule has 3 N–H and O–H groups in total. The van der Waals surface area contributed by atoms with Crippen LogP contribution in [0.4, 0.5) is 14.5 Å².